The lowest BCUT2D eigenvalue weighted by molar-refractivity contribution is 0.0586. The first-order valence-corrected chi connectivity index (χ1v) is 28.0. The van der Waals surface area contributed by atoms with Crippen molar-refractivity contribution in [1.82, 2.24) is 48.0 Å². The Labute approximate surface area is 480 Å². The van der Waals surface area contributed by atoms with Crippen LogP contribution in [0.1, 0.15) is 23.3 Å². The number of imidazole rings is 4. The van der Waals surface area contributed by atoms with E-state index in [-0.39, 0.29) is 0 Å². The van der Waals surface area contributed by atoms with Gasteiger partial charge in [0.2, 0.25) is 0 Å². The standard InChI is InChI=1S/C71H66N10O/c1-76-60(72-64(51-29-13-5-14-30-51)68(76)55-37-21-9-22-38-55)47-80(48-61-73-65(52-31-15-6-16-32-52)69(77(61)2)56-39-23-10-24-40-56)45-59(82)46-81(49-62-74-66(53-33-17-7-18-34-53)70(78(62)3)57-41-25-11-26-42-57)50-63-75-67(54-35-19-8-20-36-54)71(79(63)4)58-43-27-12-28-44-58/h5-44,59,82H,45-50H2,1-4H3. The molecule has 4 aromatic heterocycles. The van der Waals surface area contributed by atoms with Gasteiger partial charge in [0.05, 0.1) is 77.8 Å². The molecule has 0 spiro atoms. The molecule has 1 N–H and O–H groups in total. The van der Waals surface area contributed by atoms with Crippen LogP contribution in [0.15, 0.2) is 243 Å². The van der Waals surface area contributed by atoms with Gasteiger partial charge < -0.3 is 23.4 Å². The van der Waals surface area contributed by atoms with Gasteiger partial charge in [0.25, 0.3) is 0 Å². The molecule has 0 radical (unpaired) electrons. The van der Waals surface area contributed by atoms with Gasteiger partial charge in [-0.2, -0.15) is 0 Å². The molecule has 0 aliphatic rings. The van der Waals surface area contributed by atoms with Crippen LogP contribution in [0.2, 0.25) is 0 Å². The van der Waals surface area contributed by atoms with Crippen molar-refractivity contribution in [1.29, 1.82) is 0 Å². The van der Waals surface area contributed by atoms with Crippen LogP contribution in [0.5, 0.6) is 0 Å². The van der Waals surface area contributed by atoms with Crippen molar-refractivity contribution in [3.63, 3.8) is 0 Å². The number of hydrogen-bond acceptors (Lipinski definition) is 7. The highest BCUT2D eigenvalue weighted by molar-refractivity contribution is 5.82. The Balaban J connectivity index is 0.959. The van der Waals surface area contributed by atoms with Crippen LogP contribution in [0.4, 0.5) is 0 Å². The van der Waals surface area contributed by atoms with Crippen molar-refractivity contribution in [3.8, 4) is 90.1 Å². The molecule has 12 aromatic rings. The molecule has 0 saturated heterocycles. The van der Waals surface area contributed by atoms with Gasteiger partial charge in [-0.15, -0.1) is 0 Å². The first kappa shape index (κ1) is 53.1. The van der Waals surface area contributed by atoms with Crippen LogP contribution in [0, 0.1) is 0 Å². The lowest BCUT2D eigenvalue weighted by atomic mass is 10.1. The Morgan fingerprint density at radius 1 is 0.280 bits per heavy atom. The average molecular weight is 1080 g/mol. The summed E-state index contributed by atoms with van der Waals surface area (Å²) in [4.78, 5) is 26.5. The number of benzene rings is 8. The van der Waals surface area contributed by atoms with Gasteiger partial charge >= 0.3 is 0 Å². The predicted molar refractivity (Wildman–Crippen MR) is 331 cm³/mol. The Morgan fingerprint density at radius 2 is 0.451 bits per heavy atom. The number of aromatic nitrogens is 8. The minimum Gasteiger partial charge on any atom is -0.390 e. The van der Waals surface area contributed by atoms with Crippen LogP contribution in [-0.4, -0.2) is 72.3 Å². The summed E-state index contributed by atoms with van der Waals surface area (Å²) in [6, 6.07) is 83.6. The minimum absolute atomic E-state index is 0.301. The Morgan fingerprint density at radius 3 is 0.634 bits per heavy atom. The van der Waals surface area contributed by atoms with Crippen LogP contribution < -0.4 is 0 Å². The fraction of sp³-hybridized carbons (Fsp3) is 0.155. The summed E-state index contributed by atoms with van der Waals surface area (Å²) in [6.45, 7) is 2.30. The molecule has 0 bridgehead atoms. The third-order valence-electron chi connectivity index (χ3n) is 15.5. The fourth-order valence-electron chi connectivity index (χ4n) is 11.5. The van der Waals surface area contributed by atoms with Crippen LogP contribution in [-0.2, 0) is 54.4 Å². The molecule has 4 heterocycles. The van der Waals surface area contributed by atoms with Gasteiger partial charge in [-0.25, -0.2) is 19.9 Å². The second-order valence-corrected chi connectivity index (χ2v) is 21.1. The highest BCUT2D eigenvalue weighted by Crippen LogP contribution is 2.38. The van der Waals surface area contributed by atoms with Gasteiger partial charge in [0.1, 0.15) is 23.3 Å². The maximum atomic E-state index is 13.1. The number of aliphatic hydroxyl groups excluding tert-OH is 1. The molecule has 0 aliphatic heterocycles. The molecule has 406 valence electrons. The van der Waals surface area contributed by atoms with Gasteiger partial charge in [-0.05, 0) is 0 Å². The third-order valence-corrected chi connectivity index (χ3v) is 15.5. The first-order chi connectivity index (χ1) is 40.3. The lowest BCUT2D eigenvalue weighted by Crippen LogP contribution is -2.40. The highest BCUT2D eigenvalue weighted by atomic mass is 16.3. The van der Waals surface area contributed by atoms with E-state index >= 15 is 0 Å². The van der Waals surface area contributed by atoms with E-state index in [1.54, 1.807) is 0 Å². The molecular weight excluding hydrogens is 1010 g/mol. The molecule has 0 aliphatic carbocycles. The zero-order valence-corrected chi connectivity index (χ0v) is 46.8. The quantitative estimate of drug-likeness (QED) is 0.0812. The molecule has 82 heavy (non-hydrogen) atoms. The Hall–Kier alpha value is -9.52. The molecular formula is C71H66N10O. The summed E-state index contributed by atoms with van der Waals surface area (Å²) >= 11 is 0. The van der Waals surface area contributed by atoms with Crippen LogP contribution >= 0.6 is 0 Å². The van der Waals surface area contributed by atoms with E-state index < -0.39 is 6.10 Å². The second-order valence-electron chi connectivity index (χ2n) is 21.1. The maximum absolute atomic E-state index is 13.1. The lowest BCUT2D eigenvalue weighted by Gasteiger charge is -2.29. The van der Waals surface area contributed by atoms with E-state index in [0.717, 1.165) is 113 Å². The topological polar surface area (TPSA) is 98.0 Å². The van der Waals surface area contributed by atoms with Crippen LogP contribution in [0.25, 0.3) is 90.1 Å². The molecule has 12 rings (SSSR count). The van der Waals surface area contributed by atoms with Gasteiger partial charge in [0, 0.05) is 85.8 Å². The molecule has 0 saturated carbocycles. The normalized spacial score (nSPS) is 11.6. The summed E-state index contributed by atoms with van der Waals surface area (Å²) in [6.07, 6.45) is -0.852. The zero-order chi connectivity index (χ0) is 55.9. The van der Waals surface area contributed by atoms with Crippen molar-refractivity contribution in [2.75, 3.05) is 13.1 Å². The molecule has 11 nitrogen and oxygen atoms in total. The van der Waals surface area contributed by atoms with Crippen molar-refractivity contribution < 1.29 is 5.11 Å². The SMILES string of the molecule is Cn1c(CN(Cc2nc(-c3ccccc3)c(-c3ccccc3)n2C)CC(O)CN(Cc2nc(-c3ccccc3)c(-c3ccccc3)n2C)Cc2nc(-c3ccccc3)c(-c3ccccc3)n2C)nc(-c2ccccc2)c1-c1ccccc1. The van der Waals surface area contributed by atoms with E-state index in [1.165, 1.54) is 0 Å². The van der Waals surface area contributed by atoms with Gasteiger partial charge in [0.15, 0.2) is 0 Å². The van der Waals surface area contributed by atoms with E-state index in [0.29, 0.717) is 39.3 Å². The summed E-state index contributed by atoms with van der Waals surface area (Å²) < 4.78 is 8.88. The van der Waals surface area contributed by atoms with Crippen molar-refractivity contribution >= 4 is 0 Å². The number of hydrogen-bond donors (Lipinski definition) is 1. The Bertz CT molecular complexity index is 3510. The summed E-state index contributed by atoms with van der Waals surface area (Å²) in [5.74, 6) is 3.47. The van der Waals surface area contributed by atoms with Crippen molar-refractivity contribution in [3.05, 3.63) is 266 Å². The molecule has 0 unspecified atom stereocenters. The predicted octanol–water partition coefficient (Wildman–Crippen LogP) is 14.0. The zero-order valence-electron chi connectivity index (χ0n) is 46.8. The van der Waals surface area contributed by atoms with E-state index in [1.807, 2.05) is 48.5 Å². The smallest absolute Gasteiger partial charge is 0.123 e. The van der Waals surface area contributed by atoms with Crippen molar-refractivity contribution in [2.24, 2.45) is 28.2 Å². The highest BCUT2D eigenvalue weighted by Gasteiger charge is 2.28. The van der Waals surface area contributed by atoms with Crippen LogP contribution in [0.3, 0.4) is 0 Å². The molecule has 11 heteroatoms. The van der Waals surface area contributed by atoms with E-state index in [9.17, 15) is 5.11 Å². The number of nitrogens with zero attached hydrogens (tertiary/aromatic N) is 10. The molecule has 0 atom stereocenters. The summed E-state index contributed by atoms with van der Waals surface area (Å²) in [5.41, 5.74) is 16.2. The molecule has 0 fully saturated rings. The first-order valence-electron chi connectivity index (χ1n) is 28.0. The monoisotopic (exact) mass is 1070 g/mol. The third kappa shape index (κ3) is 11.2. The van der Waals surface area contributed by atoms with E-state index in [4.69, 9.17) is 19.9 Å². The minimum atomic E-state index is -0.852. The molecule has 0 amide bonds. The fourth-order valence-corrected chi connectivity index (χ4v) is 11.5. The number of rotatable bonds is 20. The Kier molecular flexibility index (Phi) is 15.6. The number of aliphatic hydroxyl groups is 1. The van der Waals surface area contributed by atoms with Gasteiger partial charge in [-0.3, -0.25) is 9.80 Å². The summed E-state index contributed by atoms with van der Waals surface area (Å²) in [5, 5.41) is 13.1. The average Bonchev–Trinajstić information content (AvgIpc) is 4.46. The van der Waals surface area contributed by atoms with Crippen molar-refractivity contribution in [2.45, 2.75) is 32.3 Å². The van der Waals surface area contributed by atoms with Gasteiger partial charge in [-0.1, -0.05) is 243 Å². The largest absolute Gasteiger partial charge is 0.390 e. The van der Waals surface area contributed by atoms with E-state index in [2.05, 4.69) is 250 Å². The maximum Gasteiger partial charge on any atom is 0.123 e. The summed E-state index contributed by atoms with van der Waals surface area (Å²) in [7, 11) is 8.43. The second kappa shape index (κ2) is 24.1. The molecule has 8 aromatic carbocycles.